The lowest BCUT2D eigenvalue weighted by molar-refractivity contribution is -0.229. The van der Waals surface area contributed by atoms with E-state index in [1.165, 1.54) is 12.1 Å². The summed E-state index contributed by atoms with van der Waals surface area (Å²) in [5.74, 6) is 4.05. The van der Waals surface area contributed by atoms with Gasteiger partial charge in [0.05, 0.1) is 36.6 Å². The summed E-state index contributed by atoms with van der Waals surface area (Å²) in [5.41, 5.74) is 6.08. The van der Waals surface area contributed by atoms with Crippen LogP contribution in [0.2, 0.25) is 0 Å². The second-order valence-corrected chi connectivity index (χ2v) is 7.40. The molecule has 0 saturated carbocycles. The monoisotopic (exact) mass is 467 g/mol. The van der Waals surface area contributed by atoms with Crippen LogP contribution < -0.4 is 16.9 Å². The number of pyridine rings is 1. The van der Waals surface area contributed by atoms with Gasteiger partial charge in [-0.25, -0.2) is 5.90 Å². The van der Waals surface area contributed by atoms with Crippen molar-refractivity contribution in [2.24, 2.45) is 11.6 Å². The normalized spacial score (nSPS) is 18.5. The van der Waals surface area contributed by atoms with Crippen LogP contribution in [0, 0.1) is 0 Å². The van der Waals surface area contributed by atoms with Gasteiger partial charge in [0.25, 0.3) is 11.8 Å². The number of aromatic nitrogens is 1. The van der Waals surface area contributed by atoms with E-state index in [0.29, 0.717) is 18.7 Å². The van der Waals surface area contributed by atoms with Gasteiger partial charge in [-0.3, -0.25) is 19.4 Å². The molecule has 12 heteroatoms. The van der Waals surface area contributed by atoms with Gasteiger partial charge in [0.2, 0.25) is 0 Å². The topological polar surface area (TPSA) is 133 Å². The fraction of sp³-hybridized carbons (Fsp3) is 0.381. The van der Waals surface area contributed by atoms with Crippen molar-refractivity contribution in [1.82, 2.24) is 15.2 Å². The van der Waals surface area contributed by atoms with E-state index in [-0.39, 0.29) is 36.4 Å². The van der Waals surface area contributed by atoms with Crippen molar-refractivity contribution < 1.29 is 32.3 Å². The molecule has 0 radical (unpaired) electrons. The van der Waals surface area contributed by atoms with Crippen LogP contribution in [0.15, 0.2) is 48.7 Å². The zero-order valence-electron chi connectivity index (χ0n) is 17.5. The number of amides is 2. The predicted octanol–water partition coefficient (Wildman–Crippen LogP) is 1.17. The van der Waals surface area contributed by atoms with Crippen LogP contribution in [-0.2, 0) is 9.57 Å². The number of alkyl halides is 3. The molecule has 33 heavy (non-hydrogen) atoms. The van der Waals surface area contributed by atoms with Crippen LogP contribution in [0.5, 0.6) is 0 Å². The molecule has 3 rings (SSSR count). The smallest absolute Gasteiger partial charge is 0.377 e. The van der Waals surface area contributed by atoms with Crippen molar-refractivity contribution in [3.63, 3.8) is 0 Å². The SMILES string of the molecule is NO[C@H](C(N)c1ccc(C(=O)NCC2COCCN2C(=O)c2ccccc2)cn1)C(F)(F)F. The van der Waals surface area contributed by atoms with Gasteiger partial charge < -0.3 is 20.7 Å². The molecule has 9 nitrogen and oxygen atoms in total. The van der Waals surface area contributed by atoms with Crippen molar-refractivity contribution in [2.75, 3.05) is 26.3 Å². The van der Waals surface area contributed by atoms with E-state index in [1.54, 1.807) is 29.2 Å². The lowest BCUT2D eigenvalue weighted by atomic mass is 10.1. The maximum Gasteiger partial charge on any atom is 0.418 e. The minimum Gasteiger partial charge on any atom is -0.377 e. The third-order valence-electron chi connectivity index (χ3n) is 5.19. The van der Waals surface area contributed by atoms with E-state index < -0.39 is 24.2 Å². The molecule has 2 aromatic rings. The van der Waals surface area contributed by atoms with E-state index in [2.05, 4.69) is 15.1 Å². The van der Waals surface area contributed by atoms with Crippen LogP contribution >= 0.6 is 0 Å². The molecule has 0 aliphatic carbocycles. The first-order chi connectivity index (χ1) is 15.7. The molecule has 1 aliphatic rings. The number of nitrogens with zero attached hydrogens (tertiary/aromatic N) is 2. The molecule has 2 amide bonds. The van der Waals surface area contributed by atoms with E-state index in [0.717, 1.165) is 6.20 Å². The second kappa shape index (κ2) is 10.7. The highest BCUT2D eigenvalue weighted by Crippen LogP contribution is 2.29. The van der Waals surface area contributed by atoms with Crippen LogP contribution in [0.4, 0.5) is 13.2 Å². The Labute approximate surface area is 187 Å². The number of hydrogen-bond donors (Lipinski definition) is 3. The third-order valence-corrected chi connectivity index (χ3v) is 5.19. The third kappa shape index (κ3) is 6.05. The zero-order valence-corrected chi connectivity index (χ0v) is 17.5. The van der Waals surface area contributed by atoms with Gasteiger partial charge in [-0.1, -0.05) is 18.2 Å². The van der Waals surface area contributed by atoms with Gasteiger partial charge in [0, 0.05) is 24.8 Å². The molecule has 178 valence electrons. The Balaban J connectivity index is 1.62. The Hall–Kier alpha value is -3.06. The number of carbonyl (C=O) groups is 2. The van der Waals surface area contributed by atoms with E-state index >= 15 is 0 Å². The van der Waals surface area contributed by atoms with Crippen molar-refractivity contribution in [1.29, 1.82) is 0 Å². The summed E-state index contributed by atoms with van der Waals surface area (Å²) >= 11 is 0. The summed E-state index contributed by atoms with van der Waals surface area (Å²) in [6.07, 6.45) is -6.11. The number of nitrogens with one attached hydrogen (secondary N) is 1. The molecule has 3 atom stereocenters. The van der Waals surface area contributed by atoms with Crippen LogP contribution in [0.1, 0.15) is 32.5 Å². The van der Waals surface area contributed by atoms with E-state index in [1.807, 2.05) is 6.07 Å². The lowest BCUT2D eigenvalue weighted by Crippen LogP contribution is -2.53. The highest BCUT2D eigenvalue weighted by Gasteiger charge is 2.45. The number of halogens is 3. The Morgan fingerprint density at radius 1 is 1.21 bits per heavy atom. The number of hydrogen-bond acceptors (Lipinski definition) is 7. The Morgan fingerprint density at radius 3 is 2.55 bits per heavy atom. The summed E-state index contributed by atoms with van der Waals surface area (Å²) < 4.78 is 44.2. The van der Waals surface area contributed by atoms with Gasteiger partial charge in [-0.05, 0) is 24.3 Å². The number of carbonyl (C=O) groups excluding carboxylic acids is 2. The molecule has 1 saturated heterocycles. The maximum atomic E-state index is 12.9. The zero-order chi connectivity index (χ0) is 24.0. The number of morpholine rings is 1. The van der Waals surface area contributed by atoms with Gasteiger partial charge in [-0.2, -0.15) is 13.2 Å². The van der Waals surface area contributed by atoms with Crippen molar-refractivity contribution in [3.8, 4) is 0 Å². The Bertz CT molecular complexity index is 943. The van der Waals surface area contributed by atoms with Crippen LogP contribution in [0.3, 0.4) is 0 Å². The predicted molar refractivity (Wildman–Crippen MR) is 111 cm³/mol. The molecule has 1 aliphatic heterocycles. The van der Waals surface area contributed by atoms with Gasteiger partial charge in [0.1, 0.15) is 0 Å². The van der Waals surface area contributed by atoms with Crippen LogP contribution in [-0.4, -0.2) is 66.3 Å². The average molecular weight is 467 g/mol. The molecule has 1 aromatic heterocycles. The standard InChI is InChI=1S/C21H24F3N5O4/c22-21(23,24)18(33-26)17(25)16-7-6-14(10-27-16)19(30)28-11-15-12-32-9-8-29(15)20(31)13-4-2-1-3-5-13/h1-7,10,15,17-18H,8-9,11-12,25-26H2,(H,28,30)/t15?,17?,18-/m1/s1. The largest absolute Gasteiger partial charge is 0.418 e. The first-order valence-electron chi connectivity index (χ1n) is 10.1. The Kier molecular flexibility index (Phi) is 7.97. The van der Waals surface area contributed by atoms with Gasteiger partial charge in [0.15, 0.2) is 6.10 Å². The maximum absolute atomic E-state index is 12.9. The fourth-order valence-corrected chi connectivity index (χ4v) is 3.41. The quantitative estimate of drug-likeness (QED) is 0.521. The summed E-state index contributed by atoms with van der Waals surface area (Å²) in [6.45, 7) is 1.14. The number of nitrogens with two attached hydrogens (primary N) is 2. The molecule has 1 fully saturated rings. The summed E-state index contributed by atoms with van der Waals surface area (Å²) in [7, 11) is 0. The molecule has 0 spiro atoms. The summed E-state index contributed by atoms with van der Waals surface area (Å²) in [6, 6.07) is 9.22. The summed E-state index contributed by atoms with van der Waals surface area (Å²) in [5, 5.41) is 2.70. The molecular formula is C21H24F3N5O4. The van der Waals surface area contributed by atoms with Crippen molar-refractivity contribution in [2.45, 2.75) is 24.4 Å². The molecule has 1 aromatic carbocycles. The van der Waals surface area contributed by atoms with Gasteiger partial charge >= 0.3 is 6.18 Å². The fourth-order valence-electron chi connectivity index (χ4n) is 3.41. The van der Waals surface area contributed by atoms with E-state index in [4.69, 9.17) is 16.4 Å². The van der Waals surface area contributed by atoms with Crippen molar-refractivity contribution >= 4 is 11.8 Å². The molecule has 2 unspecified atom stereocenters. The Morgan fingerprint density at radius 2 is 1.94 bits per heavy atom. The van der Waals surface area contributed by atoms with Crippen molar-refractivity contribution in [3.05, 3.63) is 65.5 Å². The highest BCUT2D eigenvalue weighted by atomic mass is 19.4. The molecule has 0 bridgehead atoms. The highest BCUT2D eigenvalue weighted by molar-refractivity contribution is 5.95. The summed E-state index contributed by atoms with van der Waals surface area (Å²) in [4.78, 5) is 34.8. The number of rotatable bonds is 7. The van der Waals surface area contributed by atoms with E-state index in [9.17, 15) is 22.8 Å². The minimum absolute atomic E-state index is 0.112. The average Bonchev–Trinajstić information content (AvgIpc) is 2.82. The second-order valence-electron chi connectivity index (χ2n) is 7.40. The molecule has 2 heterocycles. The first kappa shape index (κ1) is 24.6. The number of benzene rings is 1. The lowest BCUT2D eigenvalue weighted by Gasteiger charge is -2.35. The van der Waals surface area contributed by atoms with Crippen LogP contribution in [0.25, 0.3) is 0 Å². The minimum atomic E-state index is -4.78. The molecule has 5 N–H and O–H groups in total. The number of ether oxygens (including phenoxy) is 1. The molecular weight excluding hydrogens is 443 g/mol. The first-order valence-corrected chi connectivity index (χ1v) is 10.1. The van der Waals surface area contributed by atoms with Gasteiger partial charge in [-0.15, -0.1) is 0 Å².